The maximum atomic E-state index is 9.20. The number of nitrogens with one attached hydrogen (secondary N) is 1. The lowest BCUT2D eigenvalue weighted by Crippen LogP contribution is -2.16. The predicted molar refractivity (Wildman–Crippen MR) is 68.4 cm³/mol. The summed E-state index contributed by atoms with van der Waals surface area (Å²) in [4.78, 5) is 0. The van der Waals surface area contributed by atoms with E-state index < -0.39 is 0 Å². The molecule has 98 valence electrons. The van der Waals surface area contributed by atoms with E-state index in [1.54, 1.807) is 40.5 Å². The van der Waals surface area contributed by atoms with E-state index in [-0.39, 0.29) is 5.92 Å². The summed E-state index contributed by atoms with van der Waals surface area (Å²) in [6, 6.07) is 5.75. The summed E-state index contributed by atoms with van der Waals surface area (Å²) in [6.45, 7) is 0.544. The van der Waals surface area contributed by atoms with Gasteiger partial charge in [0.15, 0.2) is 11.5 Å². The Bertz CT molecular complexity index is 441. The van der Waals surface area contributed by atoms with Crippen molar-refractivity contribution in [2.24, 2.45) is 0 Å². The lowest BCUT2D eigenvalue weighted by molar-refractivity contribution is 0.347. The maximum absolute atomic E-state index is 9.20. The van der Waals surface area contributed by atoms with E-state index in [4.69, 9.17) is 14.2 Å². The minimum atomic E-state index is -0.301. The Morgan fingerprint density at radius 2 is 1.67 bits per heavy atom. The van der Waals surface area contributed by atoms with E-state index in [2.05, 4.69) is 11.4 Å². The molecule has 1 atom stereocenters. The van der Waals surface area contributed by atoms with Crippen LogP contribution < -0.4 is 19.5 Å². The van der Waals surface area contributed by atoms with Crippen LogP contribution >= 0.6 is 0 Å². The molecule has 1 aromatic carbocycles. The molecule has 0 aromatic heterocycles. The number of ether oxygens (including phenoxy) is 3. The Labute approximate surface area is 107 Å². The summed E-state index contributed by atoms with van der Waals surface area (Å²) < 4.78 is 15.7. The Morgan fingerprint density at radius 3 is 2.11 bits per heavy atom. The third-order valence-corrected chi connectivity index (χ3v) is 2.68. The fraction of sp³-hybridized carbons (Fsp3) is 0.462. The standard InChI is InChI=1S/C13H18N2O3/c1-15-8-9(7-14)10-5-12(17-3)13(18-4)6-11(10)16-2/h5-6,9,15H,8H2,1-4H3. The summed E-state index contributed by atoms with van der Waals surface area (Å²) in [5, 5.41) is 12.2. The second kappa shape index (κ2) is 6.72. The van der Waals surface area contributed by atoms with Crippen LogP contribution in [0.15, 0.2) is 12.1 Å². The van der Waals surface area contributed by atoms with Gasteiger partial charge in [-0.2, -0.15) is 5.26 Å². The minimum absolute atomic E-state index is 0.301. The highest BCUT2D eigenvalue weighted by atomic mass is 16.5. The molecule has 1 unspecified atom stereocenters. The van der Waals surface area contributed by atoms with Gasteiger partial charge in [0.1, 0.15) is 5.75 Å². The smallest absolute Gasteiger partial charge is 0.164 e. The first-order chi connectivity index (χ1) is 8.71. The molecule has 0 bridgehead atoms. The van der Waals surface area contributed by atoms with Crippen molar-refractivity contribution in [1.82, 2.24) is 5.32 Å². The number of nitrogens with zero attached hydrogens (tertiary/aromatic N) is 1. The SMILES string of the molecule is CNCC(C#N)c1cc(OC)c(OC)cc1OC. The van der Waals surface area contributed by atoms with Gasteiger partial charge in [-0.05, 0) is 13.1 Å². The van der Waals surface area contributed by atoms with Crippen LogP contribution in [0.4, 0.5) is 0 Å². The van der Waals surface area contributed by atoms with Gasteiger partial charge < -0.3 is 19.5 Å². The molecule has 1 rings (SSSR count). The molecule has 5 nitrogen and oxygen atoms in total. The number of benzene rings is 1. The van der Waals surface area contributed by atoms with Crippen LogP contribution in [0.3, 0.4) is 0 Å². The zero-order valence-electron chi connectivity index (χ0n) is 11.1. The van der Waals surface area contributed by atoms with E-state index in [9.17, 15) is 5.26 Å². The molecule has 1 aromatic rings. The van der Waals surface area contributed by atoms with Crippen molar-refractivity contribution in [2.75, 3.05) is 34.9 Å². The lowest BCUT2D eigenvalue weighted by atomic mass is 9.98. The fourth-order valence-corrected chi connectivity index (χ4v) is 1.75. The Hall–Kier alpha value is -1.93. The molecule has 5 heteroatoms. The minimum Gasteiger partial charge on any atom is -0.496 e. The Balaban J connectivity index is 3.28. The van der Waals surface area contributed by atoms with Crippen LogP contribution in [0, 0.1) is 11.3 Å². The van der Waals surface area contributed by atoms with Crippen LogP contribution in [-0.4, -0.2) is 34.9 Å². The van der Waals surface area contributed by atoms with Crippen LogP contribution in [-0.2, 0) is 0 Å². The number of rotatable bonds is 6. The Kier molecular flexibility index (Phi) is 5.28. The maximum Gasteiger partial charge on any atom is 0.164 e. The highest BCUT2D eigenvalue weighted by molar-refractivity contribution is 5.53. The van der Waals surface area contributed by atoms with Crippen molar-refractivity contribution in [3.63, 3.8) is 0 Å². The number of likely N-dealkylation sites (N-methyl/N-ethyl adjacent to an activating group) is 1. The lowest BCUT2D eigenvalue weighted by Gasteiger charge is -2.17. The number of hydrogen-bond acceptors (Lipinski definition) is 5. The molecule has 0 amide bonds. The van der Waals surface area contributed by atoms with Gasteiger partial charge in [0.05, 0.1) is 33.3 Å². The largest absolute Gasteiger partial charge is 0.496 e. The van der Waals surface area contributed by atoms with Crippen molar-refractivity contribution < 1.29 is 14.2 Å². The molecule has 0 saturated heterocycles. The molecule has 1 N–H and O–H groups in total. The molecule has 0 saturated carbocycles. The van der Waals surface area contributed by atoms with Gasteiger partial charge in [-0.15, -0.1) is 0 Å². The summed E-state index contributed by atoms with van der Waals surface area (Å²) in [5.41, 5.74) is 0.784. The van der Waals surface area contributed by atoms with Gasteiger partial charge in [-0.1, -0.05) is 0 Å². The molecule has 0 radical (unpaired) electrons. The van der Waals surface area contributed by atoms with Gasteiger partial charge in [0, 0.05) is 18.2 Å². The summed E-state index contributed by atoms with van der Waals surface area (Å²) in [6.07, 6.45) is 0. The summed E-state index contributed by atoms with van der Waals surface area (Å²) in [5.74, 6) is 1.49. The molecule has 0 aliphatic heterocycles. The highest BCUT2D eigenvalue weighted by Gasteiger charge is 2.19. The third-order valence-electron chi connectivity index (χ3n) is 2.68. The molecular formula is C13H18N2O3. The number of hydrogen-bond donors (Lipinski definition) is 1. The molecule has 0 spiro atoms. The van der Waals surface area contributed by atoms with Crippen molar-refractivity contribution in [3.8, 4) is 23.3 Å². The zero-order valence-corrected chi connectivity index (χ0v) is 11.1. The first-order valence-corrected chi connectivity index (χ1v) is 5.55. The van der Waals surface area contributed by atoms with Gasteiger partial charge in [0.2, 0.25) is 0 Å². The number of methoxy groups -OCH3 is 3. The van der Waals surface area contributed by atoms with Crippen molar-refractivity contribution >= 4 is 0 Å². The van der Waals surface area contributed by atoms with Crippen molar-refractivity contribution in [1.29, 1.82) is 5.26 Å². The van der Waals surface area contributed by atoms with E-state index in [0.717, 1.165) is 5.56 Å². The quantitative estimate of drug-likeness (QED) is 0.829. The second-order valence-corrected chi connectivity index (χ2v) is 3.69. The molecule has 0 fully saturated rings. The van der Waals surface area contributed by atoms with Crippen LogP contribution in [0.2, 0.25) is 0 Å². The van der Waals surface area contributed by atoms with Crippen molar-refractivity contribution in [3.05, 3.63) is 17.7 Å². The summed E-state index contributed by atoms with van der Waals surface area (Å²) in [7, 11) is 6.50. The first-order valence-electron chi connectivity index (χ1n) is 5.55. The normalized spacial score (nSPS) is 11.5. The van der Waals surface area contributed by atoms with Crippen LogP contribution in [0.25, 0.3) is 0 Å². The predicted octanol–water partition coefficient (Wildman–Crippen LogP) is 1.54. The van der Waals surface area contributed by atoms with E-state index in [1.165, 1.54) is 0 Å². The first kappa shape index (κ1) is 14.1. The number of nitriles is 1. The Morgan fingerprint density at radius 1 is 1.11 bits per heavy atom. The van der Waals surface area contributed by atoms with E-state index in [0.29, 0.717) is 23.8 Å². The van der Waals surface area contributed by atoms with Crippen LogP contribution in [0.1, 0.15) is 11.5 Å². The fourth-order valence-electron chi connectivity index (χ4n) is 1.75. The van der Waals surface area contributed by atoms with E-state index in [1.807, 2.05) is 0 Å². The molecule has 0 aliphatic rings. The zero-order chi connectivity index (χ0) is 13.5. The second-order valence-electron chi connectivity index (χ2n) is 3.69. The van der Waals surface area contributed by atoms with Crippen molar-refractivity contribution in [2.45, 2.75) is 5.92 Å². The van der Waals surface area contributed by atoms with Gasteiger partial charge in [0.25, 0.3) is 0 Å². The van der Waals surface area contributed by atoms with Crippen LogP contribution in [0.5, 0.6) is 17.2 Å². The third kappa shape index (κ3) is 2.84. The average Bonchev–Trinajstić information content (AvgIpc) is 2.43. The highest BCUT2D eigenvalue weighted by Crippen LogP contribution is 2.37. The molecule has 0 aliphatic carbocycles. The molecular weight excluding hydrogens is 232 g/mol. The van der Waals surface area contributed by atoms with E-state index >= 15 is 0 Å². The monoisotopic (exact) mass is 250 g/mol. The summed E-state index contributed by atoms with van der Waals surface area (Å²) >= 11 is 0. The molecule has 18 heavy (non-hydrogen) atoms. The average molecular weight is 250 g/mol. The van der Waals surface area contributed by atoms with Gasteiger partial charge in [-0.3, -0.25) is 0 Å². The molecule has 0 heterocycles. The topological polar surface area (TPSA) is 63.5 Å². The van der Waals surface area contributed by atoms with Gasteiger partial charge in [-0.25, -0.2) is 0 Å². The van der Waals surface area contributed by atoms with Gasteiger partial charge >= 0.3 is 0 Å².